The molecule has 4 atom stereocenters. The van der Waals surface area contributed by atoms with Crippen LogP contribution in [0, 0.1) is 0 Å². The molecule has 2 aromatic carbocycles. The molecule has 2 aromatic rings. The minimum atomic E-state index is -0.592. The predicted molar refractivity (Wildman–Crippen MR) is 121 cm³/mol. The van der Waals surface area contributed by atoms with Crippen LogP contribution in [0.2, 0.25) is 0 Å². The second kappa shape index (κ2) is 10.5. The van der Waals surface area contributed by atoms with Crippen molar-refractivity contribution in [1.82, 2.24) is 10.6 Å². The van der Waals surface area contributed by atoms with Crippen LogP contribution in [0.5, 0.6) is 11.5 Å². The molecule has 4 rings (SSSR count). The largest absolute Gasteiger partial charge is 0.454 e. The van der Waals surface area contributed by atoms with Gasteiger partial charge in [0.15, 0.2) is 11.5 Å². The number of carbonyl (C=O) groups is 2. The second-order valence-corrected chi connectivity index (χ2v) is 8.23. The Balaban J connectivity index is 1.25. The number of anilines is 1. The normalized spacial score (nSPS) is 22.3. The maximum atomic E-state index is 12.5. The van der Waals surface area contributed by atoms with Crippen molar-refractivity contribution in [3.8, 4) is 11.5 Å². The number of hydrogen-bond acceptors (Lipinski definition) is 6. The van der Waals surface area contributed by atoms with Gasteiger partial charge in [-0.3, -0.25) is 4.79 Å². The molecule has 9 nitrogen and oxygen atoms in total. The highest BCUT2D eigenvalue weighted by atomic mass is 16.7. The molecule has 0 unspecified atom stereocenters. The number of nitrogens with one attached hydrogen (secondary N) is 3. The van der Waals surface area contributed by atoms with E-state index in [0.717, 1.165) is 5.56 Å². The standard InChI is InChI=1S/C24H29N3O6/c1-15(16-5-3-2-4-6-16)25-23(29)12-18-8-9-19(22(13-28)33-18)27-24(30)26-17-7-10-20-21(11-17)32-14-31-20/h2-7,10-11,15,18-19,22,28H,8-9,12-14H2,1H3,(H,25,29)(H2,26,27,30)/t15-,18-,19-,22-/m1/s1. The van der Waals surface area contributed by atoms with E-state index in [1.54, 1.807) is 18.2 Å². The Morgan fingerprint density at radius 3 is 2.67 bits per heavy atom. The highest BCUT2D eigenvalue weighted by molar-refractivity contribution is 5.90. The van der Waals surface area contributed by atoms with E-state index in [2.05, 4.69) is 16.0 Å². The molecule has 3 amide bonds. The van der Waals surface area contributed by atoms with Crippen molar-refractivity contribution >= 4 is 17.6 Å². The maximum absolute atomic E-state index is 12.5. The number of urea groups is 1. The number of benzene rings is 2. The number of rotatable bonds is 7. The molecule has 0 bridgehead atoms. The SMILES string of the molecule is C[C@@H](NC(=O)C[C@H]1CC[C@@H](NC(=O)Nc2ccc3c(c2)OCO3)[C@@H](CO)O1)c1ccccc1. The van der Waals surface area contributed by atoms with Gasteiger partial charge >= 0.3 is 6.03 Å². The highest BCUT2D eigenvalue weighted by Gasteiger charge is 2.33. The van der Waals surface area contributed by atoms with Crippen LogP contribution in [0.25, 0.3) is 0 Å². The molecule has 0 spiro atoms. The summed E-state index contributed by atoms with van der Waals surface area (Å²) >= 11 is 0. The molecular formula is C24H29N3O6. The lowest BCUT2D eigenvalue weighted by Gasteiger charge is -2.36. The van der Waals surface area contributed by atoms with Gasteiger partial charge < -0.3 is 35.3 Å². The molecule has 1 saturated heterocycles. The van der Waals surface area contributed by atoms with E-state index in [1.165, 1.54) is 0 Å². The van der Waals surface area contributed by atoms with Gasteiger partial charge in [-0.05, 0) is 37.5 Å². The van der Waals surface area contributed by atoms with Crippen molar-refractivity contribution in [1.29, 1.82) is 0 Å². The summed E-state index contributed by atoms with van der Waals surface area (Å²) in [5.74, 6) is 1.10. The third-order valence-corrected chi connectivity index (χ3v) is 5.83. The molecule has 2 heterocycles. The number of amides is 3. The van der Waals surface area contributed by atoms with Gasteiger partial charge in [-0.25, -0.2) is 4.79 Å². The molecule has 33 heavy (non-hydrogen) atoms. The second-order valence-electron chi connectivity index (χ2n) is 8.23. The number of aliphatic hydroxyl groups excluding tert-OH is 1. The summed E-state index contributed by atoms with van der Waals surface area (Å²) in [6.07, 6.45) is 0.472. The van der Waals surface area contributed by atoms with Gasteiger partial charge in [-0.15, -0.1) is 0 Å². The summed E-state index contributed by atoms with van der Waals surface area (Å²) < 4.78 is 16.5. The van der Waals surface area contributed by atoms with Gasteiger partial charge in [0.1, 0.15) is 6.10 Å². The van der Waals surface area contributed by atoms with Gasteiger partial charge in [-0.1, -0.05) is 30.3 Å². The lowest BCUT2D eigenvalue weighted by molar-refractivity contribution is -0.131. The average molecular weight is 456 g/mol. The summed E-state index contributed by atoms with van der Waals surface area (Å²) in [6.45, 7) is 1.84. The quantitative estimate of drug-likeness (QED) is 0.510. The van der Waals surface area contributed by atoms with Crippen molar-refractivity contribution in [2.75, 3.05) is 18.7 Å². The molecule has 0 aromatic heterocycles. The molecule has 0 aliphatic carbocycles. The van der Waals surface area contributed by atoms with Crippen LogP contribution in [0.4, 0.5) is 10.5 Å². The average Bonchev–Trinajstić information content (AvgIpc) is 3.28. The van der Waals surface area contributed by atoms with Crippen molar-refractivity contribution in [3.05, 3.63) is 54.1 Å². The summed E-state index contributed by atoms with van der Waals surface area (Å²) in [5, 5.41) is 18.4. The van der Waals surface area contributed by atoms with Gasteiger partial charge in [0.05, 0.1) is 31.2 Å². The van der Waals surface area contributed by atoms with E-state index in [0.29, 0.717) is 30.0 Å². The van der Waals surface area contributed by atoms with Crippen molar-refractivity contribution in [3.63, 3.8) is 0 Å². The Morgan fingerprint density at radius 2 is 1.88 bits per heavy atom. The Labute approximate surface area is 192 Å². The van der Waals surface area contributed by atoms with Gasteiger partial charge in [0, 0.05) is 11.8 Å². The summed E-state index contributed by atoms with van der Waals surface area (Å²) in [6, 6.07) is 14.0. The minimum Gasteiger partial charge on any atom is -0.454 e. The van der Waals surface area contributed by atoms with Crippen LogP contribution in [-0.2, 0) is 9.53 Å². The fourth-order valence-electron chi connectivity index (χ4n) is 4.09. The molecular weight excluding hydrogens is 426 g/mol. The Kier molecular flexibility index (Phi) is 7.31. The van der Waals surface area contributed by atoms with Crippen LogP contribution < -0.4 is 25.4 Å². The first-order valence-electron chi connectivity index (χ1n) is 11.1. The zero-order valence-corrected chi connectivity index (χ0v) is 18.5. The molecule has 1 fully saturated rings. The van der Waals surface area contributed by atoms with Crippen LogP contribution in [0.1, 0.15) is 37.8 Å². The Morgan fingerprint density at radius 1 is 1.09 bits per heavy atom. The van der Waals surface area contributed by atoms with Crippen molar-refractivity contribution in [2.24, 2.45) is 0 Å². The fraction of sp³-hybridized carbons (Fsp3) is 0.417. The van der Waals surface area contributed by atoms with Gasteiger partial charge in [0.25, 0.3) is 0 Å². The highest BCUT2D eigenvalue weighted by Crippen LogP contribution is 2.34. The van der Waals surface area contributed by atoms with Crippen LogP contribution >= 0.6 is 0 Å². The van der Waals surface area contributed by atoms with Crippen LogP contribution in [0.15, 0.2) is 48.5 Å². The molecule has 0 radical (unpaired) electrons. The number of carbonyl (C=O) groups excluding carboxylic acids is 2. The van der Waals surface area contributed by atoms with Gasteiger partial charge in [-0.2, -0.15) is 0 Å². The predicted octanol–water partition coefficient (Wildman–Crippen LogP) is 2.71. The Hall–Kier alpha value is -3.30. The molecule has 4 N–H and O–H groups in total. The lowest BCUT2D eigenvalue weighted by Crippen LogP contribution is -2.52. The number of hydrogen-bond donors (Lipinski definition) is 4. The summed E-state index contributed by atoms with van der Waals surface area (Å²) in [5.41, 5.74) is 1.59. The maximum Gasteiger partial charge on any atom is 0.319 e. The number of fused-ring (bicyclic) bond motifs is 1. The molecule has 2 aliphatic rings. The third kappa shape index (κ3) is 5.94. The van der Waals surface area contributed by atoms with Crippen molar-refractivity contribution in [2.45, 2.75) is 50.5 Å². The topological polar surface area (TPSA) is 118 Å². The summed E-state index contributed by atoms with van der Waals surface area (Å²) in [7, 11) is 0. The van der Waals surface area contributed by atoms with E-state index in [-0.39, 0.29) is 43.9 Å². The van der Waals surface area contributed by atoms with Crippen molar-refractivity contribution < 1.29 is 28.9 Å². The first-order chi connectivity index (χ1) is 16.0. The molecule has 176 valence electrons. The van der Waals surface area contributed by atoms with E-state index >= 15 is 0 Å². The van der Waals surface area contributed by atoms with E-state index < -0.39 is 12.1 Å². The zero-order valence-electron chi connectivity index (χ0n) is 18.5. The number of aliphatic hydroxyl groups is 1. The number of ether oxygens (including phenoxy) is 3. The summed E-state index contributed by atoms with van der Waals surface area (Å²) in [4.78, 5) is 24.9. The van der Waals surface area contributed by atoms with E-state index in [1.807, 2.05) is 37.3 Å². The first-order valence-corrected chi connectivity index (χ1v) is 11.1. The fourth-order valence-corrected chi connectivity index (χ4v) is 4.09. The van der Waals surface area contributed by atoms with Crippen LogP contribution in [0.3, 0.4) is 0 Å². The zero-order chi connectivity index (χ0) is 23.2. The lowest BCUT2D eigenvalue weighted by atomic mass is 9.97. The third-order valence-electron chi connectivity index (χ3n) is 5.83. The monoisotopic (exact) mass is 455 g/mol. The van der Waals surface area contributed by atoms with E-state index in [4.69, 9.17) is 14.2 Å². The smallest absolute Gasteiger partial charge is 0.319 e. The first kappa shape index (κ1) is 22.9. The van der Waals surface area contributed by atoms with Gasteiger partial charge in [0.2, 0.25) is 12.7 Å². The minimum absolute atomic E-state index is 0.106. The molecule has 2 aliphatic heterocycles. The molecule has 0 saturated carbocycles. The Bertz CT molecular complexity index is 970. The molecule has 9 heteroatoms. The van der Waals surface area contributed by atoms with Crippen LogP contribution in [-0.4, -0.2) is 48.7 Å². The van der Waals surface area contributed by atoms with E-state index in [9.17, 15) is 14.7 Å².